The molecule has 1 aromatic rings. The van der Waals surface area contributed by atoms with E-state index >= 15 is 0 Å². The molecule has 0 bridgehead atoms. The molecule has 2 amide bonds. The second-order valence-corrected chi connectivity index (χ2v) is 3.17. The average molecular weight is 255 g/mol. The molecule has 3 N–H and O–H groups in total. The van der Waals surface area contributed by atoms with E-state index in [0.29, 0.717) is 5.32 Å². The first kappa shape index (κ1) is 12.4. The number of aromatic hydroxyl groups is 1. The van der Waals surface area contributed by atoms with Crippen molar-refractivity contribution in [2.45, 2.75) is 6.30 Å². The summed E-state index contributed by atoms with van der Waals surface area (Å²) in [4.78, 5) is 10.8. The molecule has 0 saturated carbocycles. The second-order valence-electron chi connectivity index (χ2n) is 2.74. The number of phenols is 1. The van der Waals surface area contributed by atoms with Crippen LogP contribution in [0.15, 0.2) is 18.2 Å². The van der Waals surface area contributed by atoms with E-state index in [1.54, 1.807) is 5.32 Å². The van der Waals surface area contributed by atoms with Crippen molar-refractivity contribution in [2.75, 3.05) is 5.32 Å². The Morgan fingerprint density at radius 2 is 2.00 bits per heavy atom. The van der Waals surface area contributed by atoms with Gasteiger partial charge in [-0.15, -0.1) is 0 Å². The van der Waals surface area contributed by atoms with Crippen LogP contribution in [0.4, 0.5) is 23.7 Å². The number of alkyl halides is 3. The maximum Gasteiger partial charge on any atom is 0.485 e. The van der Waals surface area contributed by atoms with Crippen LogP contribution in [0.25, 0.3) is 0 Å². The lowest BCUT2D eigenvalue weighted by molar-refractivity contribution is -0.144. The summed E-state index contributed by atoms with van der Waals surface area (Å²) in [6.45, 7) is 0. The molecular weight excluding hydrogens is 249 g/mol. The van der Waals surface area contributed by atoms with Gasteiger partial charge in [0.25, 0.3) is 0 Å². The van der Waals surface area contributed by atoms with Gasteiger partial charge in [0.2, 0.25) is 0 Å². The van der Waals surface area contributed by atoms with Crippen molar-refractivity contribution in [3.63, 3.8) is 0 Å². The first-order valence-electron chi connectivity index (χ1n) is 3.92. The molecule has 0 aliphatic rings. The molecule has 0 unspecified atom stereocenters. The van der Waals surface area contributed by atoms with Gasteiger partial charge in [-0.1, -0.05) is 11.6 Å². The fourth-order valence-corrected chi connectivity index (χ4v) is 1.06. The number of nitrogens with one attached hydrogen (secondary N) is 2. The molecule has 1 rings (SSSR count). The van der Waals surface area contributed by atoms with Crippen molar-refractivity contribution in [3.05, 3.63) is 23.2 Å². The van der Waals surface area contributed by atoms with E-state index in [9.17, 15) is 23.1 Å². The van der Waals surface area contributed by atoms with Gasteiger partial charge in [0.05, 0.1) is 5.69 Å². The Hall–Kier alpha value is -1.63. The molecule has 0 saturated heterocycles. The van der Waals surface area contributed by atoms with Gasteiger partial charge in [-0.2, -0.15) is 13.2 Å². The number of benzene rings is 1. The van der Waals surface area contributed by atoms with Crippen LogP contribution in [0.5, 0.6) is 5.75 Å². The summed E-state index contributed by atoms with van der Waals surface area (Å²) in [6, 6.07) is 2.08. The fourth-order valence-electron chi connectivity index (χ4n) is 0.891. The molecule has 0 atom stereocenters. The SMILES string of the molecule is O=C(Nc1cc(Cl)ccc1O)NC(F)(F)F. The summed E-state index contributed by atoms with van der Waals surface area (Å²) in [5, 5.41) is 11.9. The van der Waals surface area contributed by atoms with Crippen molar-refractivity contribution in [3.8, 4) is 5.75 Å². The van der Waals surface area contributed by atoms with Crippen molar-refractivity contribution in [2.24, 2.45) is 0 Å². The largest absolute Gasteiger partial charge is 0.506 e. The summed E-state index contributed by atoms with van der Waals surface area (Å²) in [7, 11) is 0. The van der Waals surface area contributed by atoms with Gasteiger partial charge in [0.1, 0.15) is 5.75 Å². The third kappa shape index (κ3) is 3.85. The Bertz CT molecular complexity index is 409. The minimum atomic E-state index is -4.84. The average Bonchev–Trinajstić information content (AvgIpc) is 2.08. The Labute approximate surface area is 93.0 Å². The van der Waals surface area contributed by atoms with Crippen LogP contribution in [-0.4, -0.2) is 17.4 Å². The van der Waals surface area contributed by atoms with E-state index in [-0.39, 0.29) is 16.5 Å². The van der Waals surface area contributed by atoms with Crippen LogP contribution >= 0.6 is 11.6 Å². The fraction of sp³-hybridized carbons (Fsp3) is 0.125. The molecule has 8 heteroatoms. The molecule has 1 aromatic carbocycles. The molecule has 4 nitrogen and oxygen atoms in total. The van der Waals surface area contributed by atoms with Crippen LogP contribution in [0.2, 0.25) is 5.02 Å². The Balaban J connectivity index is 2.73. The number of anilines is 1. The molecule has 0 radical (unpaired) electrons. The van der Waals surface area contributed by atoms with E-state index in [1.165, 1.54) is 6.07 Å². The monoisotopic (exact) mass is 254 g/mol. The van der Waals surface area contributed by atoms with Crippen LogP contribution in [-0.2, 0) is 0 Å². The molecule has 0 spiro atoms. The minimum Gasteiger partial charge on any atom is -0.506 e. The number of halogens is 4. The number of phenolic OH excluding ortho intramolecular Hbond substituents is 1. The first-order chi connectivity index (χ1) is 7.28. The number of hydrogen-bond acceptors (Lipinski definition) is 2. The van der Waals surface area contributed by atoms with Crippen molar-refractivity contribution in [1.29, 1.82) is 0 Å². The number of carbonyl (C=O) groups is 1. The zero-order chi connectivity index (χ0) is 12.3. The lowest BCUT2D eigenvalue weighted by atomic mass is 10.3. The summed E-state index contributed by atoms with van der Waals surface area (Å²) in [5.41, 5.74) is -0.214. The molecule has 0 aliphatic carbocycles. The Morgan fingerprint density at radius 1 is 1.38 bits per heavy atom. The lowest BCUT2D eigenvalue weighted by Crippen LogP contribution is -2.40. The van der Waals surface area contributed by atoms with E-state index in [4.69, 9.17) is 11.6 Å². The molecule has 0 heterocycles. The predicted molar refractivity (Wildman–Crippen MR) is 51.3 cm³/mol. The predicted octanol–water partition coefficient (Wildman–Crippen LogP) is 2.69. The molecule has 16 heavy (non-hydrogen) atoms. The van der Waals surface area contributed by atoms with Crippen molar-refractivity contribution < 1.29 is 23.1 Å². The van der Waals surface area contributed by atoms with E-state index in [0.717, 1.165) is 12.1 Å². The number of amides is 2. The third-order valence-corrected chi connectivity index (χ3v) is 1.70. The zero-order valence-corrected chi connectivity index (χ0v) is 8.36. The standard InChI is InChI=1S/C8H6ClF3N2O2/c9-4-1-2-6(15)5(3-4)13-7(16)14-8(10,11)12/h1-3,15H,(H2,13,14,16). The summed E-state index contributed by atoms with van der Waals surface area (Å²) >= 11 is 5.53. The van der Waals surface area contributed by atoms with Crippen LogP contribution in [0, 0.1) is 0 Å². The number of carbonyl (C=O) groups excluding carboxylic acids is 1. The highest BCUT2D eigenvalue weighted by Crippen LogP contribution is 2.26. The van der Waals surface area contributed by atoms with Gasteiger partial charge in [0.15, 0.2) is 0 Å². The number of rotatable bonds is 1. The molecule has 88 valence electrons. The summed E-state index contributed by atoms with van der Waals surface area (Å²) in [6.07, 6.45) is -4.84. The normalized spacial score (nSPS) is 11.0. The second kappa shape index (κ2) is 4.48. The first-order valence-corrected chi connectivity index (χ1v) is 4.30. The molecule has 0 aliphatic heterocycles. The van der Waals surface area contributed by atoms with Gasteiger partial charge in [-0.25, -0.2) is 10.1 Å². The van der Waals surface area contributed by atoms with Gasteiger partial charge in [-0.3, -0.25) is 0 Å². The van der Waals surface area contributed by atoms with Gasteiger partial charge in [-0.05, 0) is 18.2 Å². The highest BCUT2D eigenvalue weighted by molar-refractivity contribution is 6.31. The highest BCUT2D eigenvalue weighted by Gasteiger charge is 2.30. The molecular formula is C8H6ClF3N2O2. The summed E-state index contributed by atoms with van der Waals surface area (Å²) < 4.78 is 35.2. The third-order valence-electron chi connectivity index (χ3n) is 1.46. The van der Waals surface area contributed by atoms with Crippen LogP contribution in [0.3, 0.4) is 0 Å². The van der Waals surface area contributed by atoms with Gasteiger partial charge >= 0.3 is 12.3 Å². The lowest BCUT2D eigenvalue weighted by Gasteiger charge is -2.11. The van der Waals surface area contributed by atoms with Crippen LogP contribution < -0.4 is 10.6 Å². The molecule has 0 fully saturated rings. The van der Waals surface area contributed by atoms with E-state index in [2.05, 4.69) is 0 Å². The van der Waals surface area contributed by atoms with Gasteiger partial charge in [0, 0.05) is 5.02 Å². The topological polar surface area (TPSA) is 61.4 Å². The van der Waals surface area contributed by atoms with Crippen molar-refractivity contribution >= 4 is 23.3 Å². The van der Waals surface area contributed by atoms with Crippen molar-refractivity contribution in [1.82, 2.24) is 5.32 Å². The quantitative estimate of drug-likeness (QED) is 0.533. The minimum absolute atomic E-state index is 0.167. The maximum absolute atomic E-state index is 11.7. The zero-order valence-electron chi connectivity index (χ0n) is 7.60. The van der Waals surface area contributed by atoms with E-state index in [1.807, 2.05) is 0 Å². The molecule has 0 aromatic heterocycles. The number of hydrogen-bond donors (Lipinski definition) is 3. The Morgan fingerprint density at radius 3 is 2.56 bits per heavy atom. The maximum atomic E-state index is 11.7. The highest BCUT2D eigenvalue weighted by atomic mass is 35.5. The smallest absolute Gasteiger partial charge is 0.485 e. The van der Waals surface area contributed by atoms with E-state index < -0.39 is 12.3 Å². The number of urea groups is 1. The van der Waals surface area contributed by atoms with Crippen LogP contribution in [0.1, 0.15) is 0 Å². The van der Waals surface area contributed by atoms with Gasteiger partial charge < -0.3 is 10.4 Å². The Kier molecular flexibility index (Phi) is 3.48. The summed E-state index contributed by atoms with van der Waals surface area (Å²) in [5.74, 6) is -0.387.